The van der Waals surface area contributed by atoms with Gasteiger partial charge >= 0.3 is 0 Å². The zero-order chi connectivity index (χ0) is 16.9. The van der Waals surface area contributed by atoms with Crippen LogP contribution in [-0.2, 0) is 11.2 Å². The standard InChI is InChI=1S/C19H19ClN2O2/c20-14-5-3-4-13(12-14)8-11-18(23)22-17-7-2-1-6-16(17)19(24)21-15-9-10-15/h1-7,12,15H,8-11H2,(H,21,24)(H,22,23). The fourth-order valence-corrected chi connectivity index (χ4v) is 2.66. The van der Waals surface area contributed by atoms with Crippen molar-refractivity contribution in [1.29, 1.82) is 0 Å². The molecule has 124 valence electrons. The summed E-state index contributed by atoms with van der Waals surface area (Å²) >= 11 is 5.95. The maximum Gasteiger partial charge on any atom is 0.253 e. The van der Waals surface area contributed by atoms with Crippen molar-refractivity contribution >= 4 is 29.1 Å². The summed E-state index contributed by atoms with van der Waals surface area (Å²) in [4.78, 5) is 24.4. The first-order chi connectivity index (χ1) is 11.6. The molecule has 0 bridgehead atoms. The molecule has 0 heterocycles. The second-order valence-corrected chi connectivity index (χ2v) is 6.41. The number of amides is 2. The summed E-state index contributed by atoms with van der Waals surface area (Å²) < 4.78 is 0. The zero-order valence-corrected chi connectivity index (χ0v) is 14.0. The number of benzene rings is 2. The van der Waals surface area contributed by atoms with Gasteiger partial charge in [0.15, 0.2) is 0 Å². The smallest absolute Gasteiger partial charge is 0.253 e. The Morgan fingerprint density at radius 2 is 1.88 bits per heavy atom. The number of halogens is 1. The molecule has 0 aromatic heterocycles. The number of carbonyl (C=O) groups is 2. The molecule has 5 heteroatoms. The molecular weight excluding hydrogens is 324 g/mol. The van der Waals surface area contributed by atoms with E-state index in [1.54, 1.807) is 30.3 Å². The van der Waals surface area contributed by atoms with E-state index in [2.05, 4.69) is 10.6 Å². The van der Waals surface area contributed by atoms with Gasteiger partial charge in [-0.15, -0.1) is 0 Å². The molecule has 0 saturated heterocycles. The number of hydrogen-bond donors (Lipinski definition) is 2. The van der Waals surface area contributed by atoms with Crippen LogP contribution in [0, 0.1) is 0 Å². The topological polar surface area (TPSA) is 58.2 Å². The molecular formula is C19H19ClN2O2. The number of hydrogen-bond acceptors (Lipinski definition) is 2. The van der Waals surface area contributed by atoms with Gasteiger partial charge < -0.3 is 10.6 Å². The summed E-state index contributed by atoms with van der Waals surface area (Å²) in [5.41, 5.74) is 2.06. The van der Waals surface area contributed by atoms with Crippen molar-refractivity contribution < 1.29 is 9.59 Å². The lowest BCUT2D eigenvalue weighted by atomic mass is 10.1. The number of anilines is 1. The number of carbonyl (C=O) groups excluding carboxylic acids is 2. The van der Waals surface area contributed by atoms with E-state index in [4.69, 9.17) is 11.6 Å². The third-order valence-corrected chi connectivity index (χ3v) is 4.12. The van der Waals surface area contributed by atoms with Crippen molar-refractivity contribution in [2.75, 3.05) is 5.32 Å². The van der Waals surface area contributed by atoms with E-state index in [0.717, 1.165) is 18.4 Å². The van der Waals surface area contributed by atoms with Crippen LogP contribution >= 0.6 is 11.6 Å². The van der Waals surface area contributed by atoms with E-state index in [1.165, 1.54) is 0 Å². The predicted octanol–water partition coefficient (Wildman–Crippen LogP) is 3.80. The number of nitrogens with one attached hydrogen (secondary N) is 2. The highest BCUT2D eigenvalue weighted by molar-refractivity contribution is 6.30. The average Bonchev–Trinajstić information content (AvgIpc) is 3.37. The molecule has 0 aliphatic heterocycles. The Morgan fingerprint density at radius 1 is 1.08 bits per heavy atom. The number of rotatable bonds is 6. The minimum Gasteiger partial charge on any atom is -0.349 e. The largest absolute Gasteiger partial charge is 0.349 e. The van der Waals surface area contributed by atoms with Gasteiger partial charge in [-0.25, -0.2) is 0 Å². The first-order valence-corrected chi connectivity index (χ1v) is 8.44. The van der Waals surface area contributed by atoms with Crippen molar-refractivity contribution in [3.05, 3.63) is 64.7 Å². The van der Waals surface area contributed by atoms with Gasteiger partial charge in [-0.1, -0.05) is 35.9 Å². The molecule has 0 unspecified atom stereocenters. The van der Waals surface area contributed by atoms with Crippen LogP contribution in [0.25, 0.3) is 0 Å². The van der Waals surface area contributed by atoms with E-state index >= 15 is 0 Å². The summed E-state index contributed by atoms with van der Waals surface area (Å²) in [5, 5.41) is 6.44. The van der Waals surface area contributed by atoms with Crippen LogP contribution in [-0.4, -0.2) is 17.9 Å². The lowest BCUT2D eigenvalue weighted by Crippen LogP contribution is -2.27. The molecule has 3 rings (SSSR count). The van der Waals surface area contributed by atoms with Crippen LogP contribution in [0.1, 0.15) is 35.2 Å². The Morgan fingerprint density at radius 3 is 2.62 bits per heavy atom. The highest BCUT2D eigenvalue weighted by atomic mass is 35.5. The molecule has 4 nitrogen and oxygen atoms in total. The third-order valence-electron chi connectivity index (χ3n) is 3.89. The van der Waals surface area contributed by atoms with Crippen LogP contribution in [0.2, 0.25) is 5.02 Å². The van der Waals surface area contributed by atoms with Crippen molar-refractivity contribution in [2.45, 2.75) is 31.7 Å². The summed E-state index contributed by atoms with van der Waals surface area (Å²) in [7, 11) is 0. The maximum atomic E-state index is 12.2. The SMILES string of the molecule is O=C(CCc1cccc(Cl)c1)Nc1ccccc1C(=O)NC1CC1. The zero-order valence-electron chi connectivity index (χ0n) is 13.2. The van der Waals surface area contributed by atoms with Gasteiger partial charge in [-0.3, -0.25) is 9.59 Å². The van der Waals surface area contributed by atoms with Crippen LogP contribution in [0.4, 0.5) is 5.69 Å². The van der Waals surface area contributed by atoms with Crippen LogP contribution in [0.3, 0.4) is 0 Å². The molecule has 0 atom stereocenters. The minimum atomic E-state index is -0.136. The van der Waals surface area contributed by atoms with Gasteiger partial charge in [0, 0.05) is 17.5 Å². The Kier molecular flexibility index (Phi) is 5.16. The fraction of sp³-hybridized carbons (Fsp3) is 0.263. The van der Waals surface area contributed by atoms with E-state index in [9.17, 15) is 9.59 Å². The molecule has 1 aliphatic rings. The summed E-state index contributed by atoms with van der Waals surface area (Å²) in [5.74, 6) is -0.259. The van der Waals surface area contributed by atoms with Gasteiger partial charge in [0.25, 0.3) is 5.91 Å². The monoisotopic (exact) mass is 342 g/mol. The number of para-hydroxylation sites is 1. The molecule has 1 aliphatic carbocycles. The quantitative estimate of drug-likeness (QED) is 0.838. The first-order valence-electron chi connectivity index (χ1n) is 8.06. The molecule has 2 aromatic rings. The normalized spacial score (nSPS) is 13.4. The summed E-state index contributed by atoms with van der Waals surface area (Å²) in [6, 6.07) is 14.8. The van der Waals surface area contributed by atoms with Gasteiger partial charge in [-0.2, -0.15) is 0 Å². The van der Waals surface area contributed by atoms with Crippen molar-refractivity contribution in [3.63, 3.8) is 0 Å². The molecule has 2 aromatic carbocycles. The Bertz CT molecular complexity index is 757. The Balaban J connectivity index is 1.60. The Labute approximate surface area is 146 Å². The van der Waals surface area contributed by atoms with Gasteiger partial charge in [0.2, 0.25) is 5.91 Å². The van der Waals surface area contributed by atoms with Crippen LogP contribution < -0.4 is 10.6 Å². The van der Waals surface area contributed by atoms with Crippen molar-refractivity contribution in [2.24, 2.45) is 0 Å². The average molecular weight is 343 g/mol. The van der Waals surface area contributed by atoms with E-state index < -0.39 is 0 Å². The molecule has 0 spiro atoms. The van der Waals surface area contributed by atoms with Gasteiger partial charge in [-0.05, 0) is 49.1 Å². The lowest BCUT2D eigenvalue weighted by Gasteiger charge is -2.11. The molecule has 0 radical (unpaired) electrons. The van der Waals surface area contributed by atoms with E-state index in [1.807, 2.05) is 18.2 Å². The van der Waals surface area contributed by atoms with Crippen molar-refractivity contribution in [3.8, 4) is 0 Å². The van der Waals surface area contributed by atoms with Gasteiger partial charge in [0.05, 0.1) is 11.3 Å². The highest BCUT2D eigenvalue weighted by Crippen LogP contribution is 2.22. The summed E-state index contributed by atoms with van der Waals surface area (Å²) in [6.07, 6.45) is 2.99. The van der Waals surface area contributed by atoms with Crippen LogP contribution in [0.15, 0.2) is 48.5 Å². The van der Waals surface area contributed by atoms with E-state index in [0.29, 0.717) is 29.1 Å². The highest BCUT2D eigenvalue weighted by Gasteiger charge is 2.24. The van der Waals surface area contributed by atoms with Gasteiger partial charge in [0.1, 0.15) is 0 Å². The predicted molar refractivity (Wildman–Crippen MR) is 95.3 cm³/mol. The summed E-state index contributed by atoms with van der Waals surface area (Å²) in [6.45, 7) is 0. The third kappa shape index (κ3) is 4.59. The number of aryl methyl sites for hydroxylation is 1. The fourth-order valence-electron chi connectivity index (χ4n) is 2.44. The van der Waals surface area contributed by atoms with Crippen molar-refractivity contribution in [1.82, 2.24) is 5.32 Å². The molecule has 2 N–H and O–H groups in total. The molecule has 24 heavy (non-hydrogen) atoms. The molecule has 1 fully saturated rings. The molecule has 2 amide bonds. The first kappa shape index (κ1) is 16.5. The second kappa shape index (κ2) is 7.49. The Hall–Kier alpha value is -2.33. The minimum absolute atomic E-state index is 0.123. The maximum absolute atomic E-state index is 12.2. The van der Waals surface area contributed by atoms with Crippen LogP contribution in [0.5, 0.6) is 0 Å². The second-order valence-electron chi connectivity index (χ2n) is 5.97. The molecule has 1 saturated carbocycles. The lowest BCUT2D eigenvalue weighted by molar-refractivity contribution is -0.116. The van der Waals surface area contributed by atoms with E-state index in [-0.39, 0.29) is 17.9 Å².